The molecule has 8 heteroatoms. The first-order valence-electron chi connectivity index (χ1n) is 10.5. The summed E-state index contributed by atoms with van der Waals surface area (Å²) in [5, 5.41) is 4.09. The fourth-order valence-corrected chi connectivity index (χ4v) is 3.43. The molecule has 1 aromatic heterocycles. The lowest BCUT2D eigenvalue weighted by Crippen LogP contribution is -2.36. The number of pyridine rings is 1. The molecule has 2 fully saturated rings. The van der Waals surface area contributed by atoms with E-state index < -0.39 is 6.09 Å². The summed E-state index contributed by atoms with van der Waals surface area (Å²) in [6, 6.07) is 3.74. The Morgan fingerprint density at radius 1 is 1.24 bits per heavy atom. The van der Waals surface area contributed by atoms with Crippen LogP contribution in [-0.2, 0) is 4.74 Å². The number of nitrogens with two attached hydrogens (primary N) is 2. The number of carbonyl (C=O) groups excluding carboxylic acids is 1. The highest BCUT2D eigenvalue weighted by Crippen LogP contribution is 2.29. The van der Waals surface area contributed by atoms with Crippen molar-refractivity contribution in [3.63, 3.8) is 0 Å². The van der Waals surface area contributed by atoms with Crippen molar-refractivity contribution in [2.24, 2.45) is 17.5 Å². The minimum Gasteiger partial charge on any atom is -0.489 e. The Labute approximate surface area is 172 Å². The summed E-state index contributed by atoms with van der Waals surface area (Å²) in [6.07, 6.45) is 7.95. The highest BCUT2D eigenvalue weighted by Gasteiger charge is 2.23. The van der Waals surface area contributed by atoms with Crippen molar-refractivity contribution in [2.45, 2.75) is 58.0 Å². The number of alkyl carbamates (subject to hydrolysis) is 1. The average molecular weight is 404 g/mol. The predicted molar refractivity (Wildman–Crippen MR) is 112 cm³/mol. The van der Waals surface area contributed by atoms with Gasteiger partial charge in [-0.1, -0.05) is 6.42 Å². The monoisotopic (exact) mass is 403 g/mol. The number of carbonyl (C=O) groups is 1. The maximum Gasteiger partial charge on any atom is 0.407 e. The molecule has 1 aromatic rings. The number of aryl methyl sites for hydroxylation is 1. The van der Waals surface area contributed by atoms with Gasteiger partial charge in [-0.3, -0.25) is 0 Å². The molecular weight excluding hydrogens is 370 g/mol. The van der Waals surface area contributed by atoms with Gasteiger partial charge in [0.15, 0.2) is 0 Å². The van der Waals surface area contributed by atoms with Gasteiger partial charge in [0.2, 0.25) is 0 Å². The summed E-state index contributed by atoms with van der Waals surface area (Å²) in [4.78, 5) is 16.5. The van der Waals surface area contributed by atoms with Crippen LogP contribution < -0.4 is 21.6 Å². The Morgan fingerprint density at radius 3 is 2.59 bits per heavy atom. The van der Waals surface area contributed by atoms with E-state index in [1.54, 1.807) is 7.05 Å². The van der Waals surface area contributed by atoms with Crippen molar-refractivity contribution in [3.8, 4) is 5.75 Å². The third kappa shape index (κ3) is 6.25. The number of hydrogen-bond donors (Lipinski definition) is 3. The molecule has 0 bridgehead atoms. The number of hydrazine groups is 1. The van der Waals surface area contributed by atoms with Gasteiger partial charge in [-0.05, 0) is 63.5 Å². The number of hydrogen-bond acceptors (Lipinski definition) is 7. The predicted octanol–water partition coefficient (Wildman–Crippen LogP) is 2.67. The van der Waals surface area contributed by atoms with Crippen LogP contribution in [0.15, 0.2) is 17.8 Å². The Balaban J connectivity index is 1.64. The van der Waals surface area contributed by atoms with Gasteiger partial charge in [-0.2, -0.15) is 0 Å². The highest BCUT2D eigenvalue weighted by molar-refractivity contribution is 5.69. The molecule has 0 unspecified atom stereocenters. The van der Waals surface area contributed by atoms with Crippen molar-refractivity contribution < 1.29 is 14.3 Å². The zero-order valence-electron chi connectivity index (χ0n) is 17.4. The Hall–Kier alpha value is -2.48. The van der Waals surface area contributed by atoms with Crippen LogP contribution >= 0.6 is 0 Å². The van der Waals surface area contributed by atoms with Crippen LogP contribution in [0.1, 0.15) is 56.3 Å². The summed E-state index contributed by atoms with van der Waals surface area (Å²) in [5.41, 5.74) is 8.67. The van der Waals surface area contributed by atoms with Crippen molar-refractivity contribution in [2.75, 3.05) is 20.2 Å². The van der Waals surface area contributed by atoms with E-state index in [-0.39, 0.29) is 12.6 Å². The van der Waals surface area contributed by atoms with Crippen LogP contribution in [0.5, 0.6) is 5.75 Å². The lowest BCUT2D eigenvalue weighted by atomic mass is 9.98. The molecule has 0 radical (unpaired) electrons. The fraction of sp³-hybridized carbons (Fsp3) is 0.619. The molecular formula is C21H33N5O3. The van der Waals surface area contributed by atoms with Crippen LogP contribution in [0.2, 0.25) is 0 Å². The number of amides is 1. The van der Waals surface area contributed by atoms with Gasteiger partial charge in [0.25, 0.3) is 0 Å². The normalized spacial score (nSPS) is 18.0. The lowest BCUT2D eigenvalue weighted by molar-refractivity contribution is 0.141. The van der Waals surface area contributed by atoms with Crippen molar-refractivity contribution >= 4 is 11.8 Å². The largest absolute Gasteiger partial charge is 0.489 e. The topological polar surface area (TPSA) is 116 Å². The van der Waals surface area contributed by atoms with E-state index in [1.165, 1.54) is 24.3 Å². The average Bonchev–Trinajstić information content (AvgIpc) is 3.53. The molecule has 0 saturated heterocycles. The van der Waals surface area contributed by atoms with Crippen LogP contribution in [0.3, 0.4) is 0 Å². The second kappa shape index (κ2) is 9.82. The third-order valence-electron chi connectivity index (χ3n) is 5.44. The van der Waals surface area contributed by atoms with Crippen molar-refractivity contribution in [3.05, 3.63) is 29.2 Å². The molecule has 5 N–H and O–H groups in total. The molecule has 0 aromatic carbocycles. The highest BCUT2D eigenvalue weighted by atomic mass is 16.5. The van der Waals surface area contributed by atoms with Gasteiger partial charge >= 0.3 is 6.09 Å². The van der Waals surface area contributed by atoms with Gasteiger partial charge in [-0.15, -0.1) is 0 Å². The molecule has 0 aliphatic heterocycles. The molecule has 8 nitrogen and oxygen atoms in total. The van der Waals surface area contributed by atoms with Crippen LogP contribution in [0, 0.1) is 12.8 Å². The van der Waals surface area contributed by atoms with E-state index in [2.05, 4.69) is 10.3 Å². The fourth-order valence-electron chi connectivity index (χ4n) is 3.43. The first-order chi connectivity index (χ1) is 13.9. The second-order valence-corrected chi connectivity index (χ2v) is 8.02. The van der Waals surface area contributed by atoms with E-state index in [9.17, 15) is 4.79 Å². The number of likely N-dealkylation sites (N-methyl/N-ethyl adjacent to an activating group) is 1. The summed E-state index contributed by atoms with van der Waals surface area (Å²) < 4.78 is 11.3. The van der Waals surface area contributed by atoms with Gasteiger partial charge in [0, 0.05) is 7.05 Å². The Bertz CT molecular complexity index is 740. The van der Waals surface area contributed by atoms with Crippen molar-refractivity contribution in [1.82, 2.24) is 15.3 Å². The van der Waals surface area contributed by atoms with Gasteiger partial charge in [0.1, 0.15) is 5.75 Å². The molecule has 2 saturated carbocycles. The van der Waals surface area contributed by atoms with E-state index in [0.29, 0.717) is 29.6 Å². The minimum absolute atomic E-state index is 0.156. The summed E-state index contributed by atoms with van der Waals surface area (Å²) in [7, 11) is 1.67. The first-order valence-corrected chi connectivity index (χ1v) is 10.5. The molecule has 2 aliphatic carbocycles. The zero-order chi connectivity index (χ0) is 20.8. The van der Waals surface area contributed by atoms with Crippen LogP contribution in [0.4, 0.5) is 4.79 Å². The maximum atomic E-state index is 11.9. The molecule has 29 heavy (non-hydrogen) atoms. The first kappa shape index (κ1) is 21.2. The molecule has 0 spiro atoms. The lowest BCUT2D eigenvalue weighted by Gasteiger charge is -2.24. The standard InChI is InChI=1S/C21H33N5O3/c1-14-19(29-16-6-4-3-5-7-16)11-10-17(25-14)20(22)18(26(2)23)12-24-21(27)28-13-15-8-9-15/h10-11,15-16H,3-9,12-13,22-23H2,1-2H3,(H,24,27)/b20-18-. The summed E-state index contributed by atoms with van der Waals surface area (Å²) in [5.74, 6) is 7.24. The van der Waals surface area contributed by atoms with Gasteiger partial charge in [0.05, 0.1) is 42.0 Å². The minimum atomic E-state index is -0.468. The molecule has 2 aliphatic rings. The van der Waals surface area contributed by atoms with E-state index in [4.69, 9.17) is 21.1 Å². The molecule has 160 valence electrons. The van der Waals surface area contributed by atoms with Crippen molar-refractivity contribution in [1.29, 1.82) is 0 Å². The number of nitrogens with one attached hydrogen (secondary N) is 1. The number of nitrogens with zero attached hydrogens (tertiary/aromatic N) is 2. The van der Waals surface area contributed by atoms with Gasteiger partial charge < -0.3 is 25.5 Å². The molecule has 1 amide bonds. The van der Waals surface area contributed by atoms with Gasteiger partial charge in [-0.25, -0.2) is 15.6 Å². The van der Waals surface area contributed by atoms with E-state index in [0.717, 1.165) is 37.1 Å². The molecule has 1 heterocycles. The van der Waals surface area contributed by atoms with E-state index in [1.807, 2.05) is 19.1 Å². The second-order valence-electron chi connectivity index (χ2n) is 8.02. The smallest absolute Gasteiger partial charge is 0.407 e. The number of ether oxygens (including phenoxy) is 2. The van der Waals surface area contributed by atoms with Crippen LogP contribution in [-0.4, -0.2) is 42.4 Å². The maximum absolute atomic E-state index is 11.9. The van der Waals surface area contributed by atoms with Crippen LogP contribution in [0.25, 0.3) is 5.70 Å². The summed E-state index contributed by atoms with van der Waals surface area (Å²) in [6.45, 7) is 2.53. The SMILES string of the molecule is Cc1nc(/C(N)=C(\CNC(=O)OCC2CC2)N(C)N)ccc1OC1CCCCC1. The van der Waals surface area contributed by atoms with E-state index >= 15 is 0 Å². The Morgan fingerprint density at radius 2 is 1.97 bits per heavy atom. The molecule has 0 atom stereocenters. The quantitative estimate of drug-likeness (QED) is 0.451. The number of rotatable bonds is 8. The third-order valence-corrected chi connectivity index (χ3v) is 5.44. The Kier molecular flexibility index (Phi) is 7.19. The number of aromatic nitrogens is 1. The molecule has 3 rings (SSSR count). The zero-order valence-corrected chi connectivity index (χ0v) is 17.4. The summed E-state index contributed by atoms with van der Waals surface area (Å²) >= 11 is 0.